The van der Waals surface area contributed by atoms with Gasteiger partial charge in [-0.05, 0) is 35.6 Å². The summed E-state index contributed by atoms with van der Waals surface area (Å²) >= 11 is 1.40. The van der Waals surface area contributed by atoms with Gasteiger partial charge in [-0.15, -0.1) is 10.2 Å². The molecule has 0 bridgehead atoms. The molecule has 0 aliphatic carbocycles. The zero-order valence-electron chi connectivity index (χ0n) is 14.4. The van der Waals surface area contributed by atoms with Crippen molar-refractivity contribution >= 4 is 21.6 Å². The standard InChI is InChI=1S/C16H14O5S.ClHO4/c1-18-10-6-4-9(5-7-10)16-21-12-8-11(19-2)13(17)14(20-3)15(12)22-16;2-1(3,4)5/h4-8H,1-3H3;(H,2,3,4,5). The van der Waals surface area contributed by atoms with E-state index in [2.05, 4.69) is 0 Å². The SMILES string of the molecule is COc1ccc(-c2[o+]c3cc(OC)c(O)c(OC)c3s2)cc1.[O-][Cl+3]([O-])([O-])[O-]. The molecular weight excluding hydrogens is 404 g/mol. The minimum Gasteiger partial charge on any atom is -0.502 e. The average Bonchev–Trinajstić information content (AvgIpc) is 3.03. The van der Waals surface area contributed by atoms with Crippen LogP contribution in [0.5, 0.6) is 23.0 Å². The number of benzene rings is 2. The number of rotatable bonds is 4. The Morgan fingerprint density at radius 1 is 0.963 bits per heavy atom. The zero-order valence-corrected chi connectivity index (χ0v) is 16.0. The maximum absolute atomic E-state index is 10.1. The molecule has 27 heavy (non-hydrogen) atoms. The molecule has 3 aromatic rings. The van der Waals surface area contributed by atoms with Gasteiger partial charge in [0, 0.05) is 0 Å². The van der Waals surface area contributed by atoms with Crippen molar-refractivity contribution < 1.29 is 52.6 Å². The molecule has 0 saturated carbocycles. The van der Waals surface area contributed by atoms with Gasteiger partial charge in [-0.25, -0.2) is 18.6 Å². The minimum atomic E-state index is -4.94. The lowest BCUT2D eigenvalue weighted by Crippen LogP contribution is -2.68. The molecule has 0 aliphatic rings. The predicted molar refractivity (Wildman–Crippen MR) is 85.3 cm³/mol. The molecule has 0 atom stereocenters. The second kappa shape index (κ2) is 8.57. The molecule has 1 heterocycles. The van der Waals surface area contributed by atoms with Crippen molar-refractivity contribution in [1.82, 2.24) is 0 Å². The Morgan fingerprint density at radius 2 is 1.56 bits per heavy atom. The molecular formula is C16H15ClO9S. The molecule has 1 aromatic heterocycles. The molecule has 3 rings (SSSR count). The van der Waals surface area contributed by atoms with Gasteiger partial charge in [0.25, 0.3) is 0 Å². The molecule has 0 fully saturated rings. The molecule has 146 valence electrons. The molecule has 0 radical (unpaired) electrons. The van der Waals surface area contributed by atoms with Gasteiger partial charge < -0.3 is 19.3 Å². The van der Waals surface area contributed by atoms with E-state index in [0.717, 1.165) is 16.0 Å². The van der Waals surface area contributed by atoms with Crippen LogP contribution in [-0.4, -0.2) is 26.4 Å². The van der Waals surface area contributed by atoms with Crippen molar-refractivity contribution in [3.63, 3.8) is 0 Å². The van der Waals surface area contributed by atoms with Crippen molar-refractivity contribution in [3.05, 3.63) is 30.3 Å². The molecule has 0 unspecified atom stereocenters. The quantitative estimate of drug-likeness (QED) is 0.548. The summed E-state index contributed by atoms with van der Waals surface area (Å²) in [4.78, 5) is 0. The smallest absolute Gasteiger partial charge is 0.418 e. The topological polar surface area (TPSA) is 151 Å². The average molecular weight is 419 g/mol. The van der Waals surface area contributed by atoms with E-state index in [-0.39, 0.29) is 5.75 Å². The molecule has 2 aromatic carbocycles. The first-order valence-electron chi connectivity index (χ1n) is 7.14. The molecule has 0 spiro atoms. The van der Waals surface area contributed by atoms with Gasteiger partial charge in [0.05, 0.1) is 33.0 Å². The number of phenolic OH excluding ortho intramolecular Hbond substituents is 1. The van der Waals surface area contributed by atoms with Gasteiger partial charge in [0.1, 0.15) is 5.75 Å². The highest BCUT2D eigenvalue weighted by molar-refractivity contribution is 7.21. The number of fused-ring (bicyclic) bond motifs is 1. The van der Waals surface area contributed by atoms with Crippen LogP contribution in [-0.2, 0) is 0 Å². The Kier molecular flexibility index (Phi) is 6.65. The van der Waals surface area contributed by atoms with E-state index in [4.69, 9.17) is 37.3 Å². The number of ether oxygens (including phenoxy) is 3. The van der Waals surface area contributed by atoms with E-state index in [1.807, 2.05) is 24.3 Å². The van der Waals surface area contributed by atoms with Crippen LogP contribution >= 0.6 is 11.3 Å². The summed E-state index contributed by atoms with van der Waals surface area (Å²) in [5.41, 5.74) is 1.52. The lowest BCUT2D eigenvalue weighted by Gasteiger charge is -2.17. The maximum atomic E-state index is 10.1. The van der Waals surface area contributed by atoms with Gasteiger partial charge in [0.15, 0.2) is 16.2 Å². The van der Waals surface area contributed by atoms with Crippen LogP contribution in [0.1, 0.15) is 0 Å². The Labute approximate surface area is 159 Å². The minimum absolute atomic E-state index is 0.0316. The highest BCUT2D eigenvalue weighted by Gasteiger charge is 2.27. The van der Waals surface area contributed by atoms with Crippen LogP contribution in [0.4, 0.5) is 0 Å². The van der Waals surface area contributed by atoms with Crippen molar-refractivity contribution in [3.8, 4) is 33.6 Å². The van der Waals surface area contributed by atoms with E-state index in [1.165, 1.54) is 25.6 Å². The van der Waals surface area contributed by atoms with E-state index < -0.39 is 10.2 Å². The van der Waals surface area contributed by atoms with Crippen LogP contribution in [0.15, 0.2) is 34.7 Å². The van der Waals surface area contributed by atoms with E-state index in [0.29, 0.717) is 22.2 Å². The summed E-state index contributed by atoms with van der Waals surface area (Å²) in [5.74, 6) is 1.41. The van der Waals surface area contributed by atoms with Crippen LogP contribution in [0.25, 0.3) is 20.9 Å². The van der Waals surface area contributed by atoms with Gasteiger partial charge in [-0.3, -0.25) is 0 Å². The fourth-order valence-electron chi connectivity index (χ4n) is 2.16. The zero-order chi connectivity index (χ0) is 20.2. The molecule has 0 saturated heterocycles. The summed E-state index contributed by atoms with van der Waals surface area (Å²) in [5, 5.41) is 10.8. The van der Waals surface area contributed by atoms with Crippen LogP contribution in [0.3, 0.4) is 0 Å². The molecule has 11 heteroatoms. The third-order valence-electron chi connectivity index (χ3n) is 3.29. The second-order valence-electron chi connectivity index (χ2n) is 4.89. The lowest BCUT2D eigenvalue weighted by molar-refractivity contribution is -2.00. The number of phenols is 1. The van der Waals surface area contributed by atoms with Crippen LogP contribution in [0, 0.1) is 10.2 Å². The van der Waals surface area contributed by atoms with Crippen molar-refractivity contribution in [2.75, 3.05) is 21.3 Å². The lowest BCUT2D eigenvalue weighted by atomic mass is 10.2. The van der Waals surface area contributed by atoms with Crippen molar-refractivity contribution in [2.45, 2.75) is 0 Å². The monoisotopic (exact) mass is 418 g/mol. The van der Waals surface area contributed by atoms with E-state index in [1.54, 1.807) is 13.2 Å². The van der Waals surface area contributed by atoms with Crippen LogP contribution < -0.4 is 32.8 Å². The number of halogens is 1. The van der Waals surface area contributed by atoms with Gasteiger partial charge in [-0.1, -0.05) is 0 Å². The number of methoxy groups -OCH3 is 3. The van der Waals surface area contributed by atoms with Crippen LogP contribution in [0.2, 0.25) is 0 Å². The Bertz CT molecular complexity index is 897. The van der Waals surface area contributed by atoms with Gasteiger partial charge in [-0.2, -0.15) is 4.42 Å². The molecule has 0 amide bonds. The first-order valence-corrected chi connectivity index (χ1v) is 9.19. The Balaban J connectivity index is 0.000000465. The number of hydrogen-bond donors (Lipinski definition) is 1. The summed E-state index contributed by atoms with van der Waals surface area (Å²) < 4.78 is 56.2. The summed E-state index contributed by atoms with van der Waals surface area (Å²) in [6.07, 6.45) is 0. The number of hydrogen-bond acceptors (Lipinski definition) is 9. The van der Waals surface area contributed by atoms with Crippen molar-refractivity contribution in [1.29, 1.82) is 0 Å². The van der Waals surface area contributed by atoms with Crippen molar-refractivity contribution in [2.24, 2.45) is 0 Å². The Morgan fingerprint density at radius 3 is 2.04 bits per heavy atom. The predicted octanol–water partition coefficient (Wildman–Crippen LogP) is -0.582. The second-order valence-corrected chi connectivity index (χ2v) is 6.63. The fourth-order valence-corrected chi connectivity index (χ4v) is 3.20. The number of aromatic hydroxyl groups is 1. The summed E-state index contributed by atoms with van der Waals surface area (Å²) in [7, 11) is -0.337. The first kappa shape index (κ1) is 21.0. The fraction of sp³-hybridized carbons (Fsp3) is 0.188. The largest absolute Gasteiger partial charge is 0.502 e. The van der Waals surface area contributed by atoms with E-state index in [9.17, 15) is 5.11 Å². The maximum Gasteiger partial charge on any atom is 0.418 e. The van der Waals surface area contributed by atoms with Gasteiger partial charge in [0.2, 0.25) is 5.75 Å². The summed E-state index contributed by atoms with van der Waals surface area (Å²) in [6, 6.07) is 9.21. The normalized spacial score (nSPS) is 10.9. The molecule has 1 N–H and O–H groups in total. The molecule has 9 nitrogen and oxygen atoms in total. The molecule has 0 aliphatic heterocycles. The third-order valence-corrected chi connectivity index (χ3v) is 4.38. The Hall–Kier alpha value is -2.34. The third kappa shape index (κ3) is 5.32. The van der Waals surface area contributed by atoms with Gasteiger partial charge >= 0.3 is 10.7 Å². The summed E-state index contributed by atoms with van der Waals surface area (Å²) in [6.45, 7) is 0. The highest BCUT2D eigenvalue weighted by Crippen LogP contribution is 2.47. The first-order chi connectivity index (χ1) is 12.7. The van der Waals surface area contributed by atoms with E-state index >= 15 is 0 Å². The highest BCUT2D eigenvalue weighted by atomic mass is 35.7.